The van der Waals surface area contributed by atoms with Gasteiger partial charge in [0.1, 0.15) is 11.6 Å². The number of hydrogen-bond donors (Lipinski definition) is 2. The molecule has 0 spiro atoms. The molecule has 1 aromatic heterocycles. The molecule has 1 unspecified atom stereocenters. The molecule has 0 aromatic carbocycles. The molecule has 0 radical (unpaired) electrons. The summed E-state index contributed by atoms with van der Waals surface area (Å²) < 4.78 is 0. The van der Waals surface area contributed by atoms with Crippen molar-refractivity contribution in [2.75, 3.05) is 23.9 Å². The highest BCUT2D eigenvalue weighted by Gasteiger charge is 2.45. The molecule has 88 valence electrons. The molecule has 2 rings (SSSR count). The molecule has 1 saturated carbocycles. The van der Waals surface area contributed by atoms with Crippen LogP contribution in [0.1, 0.15) is 20.3 Å². The fourth-order valence-corrected chi connectivity index (χ4v) is 1.99. The average molecular weight is 238 g/mol. The molecule has 0 aliphatic heterocycles. The molecule has 1 fully saturated rings. The largest absolute Gasteiger partial charge is 0.373 e. The van der Waals surface area contributed by atoms with Crippen molar-refractivity contribution >= 4 is 23.4 Å². The molecule has 1 heterocycles. The van der Waals surface area contributed by atoms with E-state index in [0.29, 0.717) is 11.5 Å². The fourth-order valence-electron chi connectivity index (χ4n) is 1.61. The van der Waals surface area contributed by atoms with Gasteiger partial charge in [-0.15, -0.1) is 0 Å². The maximum atomic E-state index is 4.45. The third-order valence-electron chi connectivity index (χ3n) is 2.98. The first-order valence-electron chi connectivity index (χ1n) is 5.42. The van der Waals surface area contributed by atoms with Crippen LogP contribution in [0.3, 0.4) is 0 Å². The standard InChI is InChI=1S/C11H18N4S/c1-11(2)6-7(11)13-9-5-8(12-3)14-10(15-9)16-4/h5,7H,6H2,1-4H3,(H2,12,13,14,15). The van der Waals surface area contributed by atoms with Crippen LogP contribution in [0, 0.1) is 5.41 Å². The molecule has 1 aliphatic rings. The minimum absolute atomic E-state index is 0.407. The van der Waals surface area contributed by atoms with Crippen LogP contribution in [0.15, 0.2) is 11.2 Å². The van der Waals surface area contributed by atoms with E-state index in [0.717, 1.165) is 16.8 Å². The first-order chi connectivity index (χ1) is 7.55. The highest BCUT2D eigenvalue weighted by atomic mass is 32.2. The molecule has 16 heavy (non-hydrogen) atoms. The third-order valence-corrected chi connectivity index (χ3v) is 3.53. The normalized spacial score (nSPS) is 21.6. The Bertz CT molecular complexity index is 369. The first kappa shape index (κ1) is 11.5. The van der Waals surface area contributed by atoms with Crippen molar-refractivity contribution in [1.29, 1.82) is 0 Å². The first-order valence-corrected chi connectivity index (χ1v) is 6.65. The van der Waals surface area contributed by atoms with E-state index in [1.807, 2.05) is 19.4 Å². The van der Waals surface area contributed by atoms with Crippen molar-refractivity contribution in [3.8, 4) is 0 Å². The van der Waals surface area contributed by atoms with E-state index in [9.17, 15) is 0 Å². The van der Waals surface area contributed by atoms with Crippen molar-refractivity contribution in [3.05, 3.63) is 6.07 Å². The van der Waals surface area contributed by atoms with Gasteiger partial charge in [-0.2, -0.15) is 0 Å². The summed E-state index contributed by atoms with van der Waals surface area (Å²) in [5.74, 6) is 1.78. The smallest absolute Gasteiger partial charge is 0.191 e. The van der Waals surface area contributed by atoms with Gasteiger partial charge in [0.05, 0.1) is 0 Å². The molecule has 2 N–H and O–H groups in total. The second-order valence-electron chi connectivity index (χ2n) is 4.76. The van der Waals surface area contributed by atoms with Gasteiger partial charge in [-0.1, -0.05) is 25.6 Å². The van der Waals surface area contributed by atoms with Crippen molar-refractivity contribution in [2.45, 2.75) is 31.5 Å². The van der Waals surface area contributed by atoms with Crippen molar-refractivity contribution in [1.82, 2.24) is 9.97 Å². The minimum Gasteiger partial charge on any atom is -0.373 e. The number of nitrogens with one attached hydrogen (secondary N) is 2. The quantitative estimate of drug-likeness (QED) is 0.623. The highest BCUT2D eigenvalue weighted by molar-refractivity contribution is 7.98. The third kappa shape index (κ3) is 2.40. The Morgan fingerprint density at radius 1 is 1.38 bits per heavy atom. The molecule has 0 amide bonds. The lowest BCUT2D eigenvalue weighted by Crippen LogP contribution is -2.11. The van der Waals surface area contributed by atoms with Gasteiger partial charge in [0.15, 0.2) is 5.16 Å². The number of rotatable bonds is 4. The molecular formula is C11H18N4S. The molecule has 1 aromatic rings. The fraction of sp³-hybridized carbons (Fsp3) is 0.636. The molecular weight excluding hydrogens is 220 g/mol. The second-order valence-corrected chi connectivity index (χ2v) is 5.54. The molecule has 1 atom stereocenters. The van der Waals surface area contributed by atoms with Crippen LogP contribution < -0.4 is 10.6 Å². The summed E-state index contributed by atoms with van der Waals surface area (Å²) >= 11 is 1.56. The van der Waals surface area contributed by atoms with Gasteiger partial charge < -0.3 is 10.6 Å². The minimum atomic E-state index is 0.407. The molecule has 1 aliphatic carbocycles. The van der Waals surface area contributed by atoms with Gasteiger partial charge in [0, 0.05) is 19.2 Å². The number of hydrogen-bond acceptors (Lipinski definition) is 5. The summed E-state index contributed by atoms with van der Waals surface area (Å²) in [7, 11) is 1.87. The molecule has 5 heteroatoms. The Hall–Kier alpha value is -0.970. The zero-order valence-electron chi connectivity index (χ0n) is 10.2. The van der Waals surface area contributed by atoms with Crippen LogP contribution in [-0.2, 0) is 0 Å². The van der Waals surface area contributed by atoms with Gasteiger partial charge in [-0.05, 0) is 18.1 Å². The molecule has 0 saturated heterocycles. The van der Waals surface area contributed by atoms with Crippen LogP contribution in [0.5, 0.6) is 0 Å². The van der Waals surface area contributed by atoms with Crippen LogP contribution in [0.2, 0.25) is 0 Å². The lowest BCUT2D eigenvalue weighted by molar-refractivity contribution is 0.629. The lowest BCUT2D eigenvalue weighted by Gasteiger charge is -2.09. The Labute approximate surface area is 101 Å². The zero-order valence-corrected chi connectivity index (χ0v) is 11.0. The van der Waals surface area contributed by atoms with Crippen LogP contribution >= 0.6 is 11.8 Å². The van der Waals surface area contributed by atoms with Gasteiger partial charge >= 0.3 is 0 Å². The summed E-state index contributed by atoms with van der Waals surface area (Å²) in [6, 6.07) is 2.50. The summed E-state index contributed by atoms with van der Waals surface area (Å²) in [5.41, 5.74) is 0.407. The average Bonchev–Trinajstić information content (AvgIpc) is 2.85. The second kappa shape index (κ2) is 4.13. The lowest BCUT2D eigenvalue weighted by atomic mass is 10.2. The zero-order chi connectivity index (χ0) is 11.8. The number of nitrogens with zero attached hydrogens (tertiary/aromatic N) is 2. The molecule has 0 bridgehead atoms. The predicted molar refractivity (Wildman–Crippen MR) is 69.2 cm³/mol. The van der Waals surface area contributed by atoms with Crippen LogP contribution in [0.4, 0.5) is 11.6 Å². The van der Waals surface area contributed by atoms with Gasteiger partial charge in [0.25, 0.3) is 0 Å². The van der Waals surface area contributed by atoms with Crippen molar-refractivity contribution in [3.63, 3.8) is 0 Å². The summed E-state index contributed by atoms with van der Waals surface area (Å²) in [6.45, 7) is 4.53. The topological polar surface area (TPSA) is 49.8 Å². The van der Waals surface area contributed by atoms with Crippen LogP contribution in [-0.4, -0.2) is 29.3 Å². The number of anilines is 2. The Kier molecular flexibility index (Phi) is 2.97. The highest BCUT2D eigenvalue weighted by Crippen LogP contribution is 2.46. The summed E-state index contributed by atoms with van der Waals surface area (Å²) in [5, 5.41) is 7.30. The Morgan fingerprint density at radius 2 is 2.00 bits per heavy atom. The predicted octanol–water partition coefficient (Wildman–Crippen LogP) is 2.45. The van der Waals surface area contributed by atoms with E-state index in [-0.39, 0.29) is 0 Å². The van der Waals surface area contributed by atoms with Crippen molar-refractivity contribution < 1.29 is 0 Å². The van der Waals surface area contributed by atoms with E-state index >= 15 is 0 Å². The summed E-state index contributed by atoms with van der Waals surface area (Å²) in [6.07, 6.45) is 3.19. The molecule has 4 nitrogen and oxygen atoms in total. The van der Waals surface area contributed by atoms with E-state index in [4.69, 9.17) is 0 Å². The monoisotopic (exact) mass is 238 g/mol. The van der Waals surface area contributed by atoms with Gasteiger partial charge in [-0.25, -0.2) is 9.97 Å². The SMILES string of the molecule is CNc1cc(NC2CC2(C)C)nc(SC)n1. The Morgan fingerprint density at radius 3 is 2.50 bits per heavy atom. The van der Waals surface area contributed by atoms with E-state index in [1.54, 1.807) is 11.8 Å². The van der Waals surface area contributed by atoms with E-state index in [2.05, 4.69) is 34.4 Å². The summed E-state index contributed by atoms with van der Waals surface area (Å²) in [4.78, 5) is 8.78. The number of aromatic nitrogens is 2. The Balaban J connectivity index is 2.14. The van der Waals surface area contributed by atoms with E-state index in [1.165, 1.54) is 6.42 Å². The van der Waals surface area contributed by atoms with E-state index < -0.39 is 0 Å². The maximum absolute atomic E-state index is 4.45. The van der Waals surface area contributed by atoms with Gasteiger partial charge in [-0.3, -0.25) is 0 Å². The number of thioether (sulfide) groups is 1. The maximum Gasteiger partial charge on any atom is 0.191 e. The van der Waals surface area contributed by atoms with Gasteiger partial charge in [0.2, 0.25) is 0 Å². The van der Waals surface area contributed by atoms with Crippen LogP contribution in [0.25, 0.3) is 0 Å². The van der Waals surface area contributed by atoms with Crippen molar-refractivity contribution in [2.24, 2.45) is 5.41 Å².